The van der Waals surface area contributed by atoms with Crippen molar-refractivity contribution in [3.8, 4) is 0 Å². The highest BCUT2D eigenvalue weighted by Gasteiger charge is 2.20. The molecule has 2 N–H and O–H groups in total. The van der Waals surface area contributed by atoms with Crippen molar-refractivity contribution < 1.29 is 9.28 Å². The standard InChI is InChI=1S/C11H11ClFN3O/c12-10-3-1-2-8(4-10)7-16(13)11(17)9-5-14-15-6-9/h1-5,14-15H,6-7H2. The Morgan fingerprint density at radius 3 is 3.00 bits per heavy atom. The number of rotatable bonds is 3. The van der Waals surface area contributed by atoms with Crippen molar-refractivity contribution in [2.75, 3.05) is 6.54 Å². The summed E-state index contributed by atoms with van der Waals surface area (Å²) in [6, 6.07) is 6.75. The van der Waals surface area contributed by atoms with Crippen LogP contribution in [-0.4, -0.2) is 17.6 Å². The van der Waals surface area contributed by atoms with Gasteiger partial charge in [-0.3, -0.25) is 4.79 Å². The van der Waals surface area contributed by atoms with Crippen molar-refractivity contribution in [1.82, 2.24) is 16.0 Å². The molecule has 1 amide bonds. The lowest BCUT2D eigenvalue weighted by Gasteiger charge is -2.12. The van der Waals surface area contributed by atoms with Crippen LogP contribution in [0.25, 0.3) is 0 Å². The van der Waals surface area contributed by atoms with E-state index in [-0.39, 0.29) is 11.7 Å². The van der Waals surface area contributed by atoms with Gasteiger partial charge in [-0.05, 0) is 17.7 Å². The first-order valence-corrected chi connectivity index (χ1v) is 5.44. The Hall–Kier alpha value is -1.59. The molecule has 0 spiro atoms. The third-order valence-electron chi connectivity index (χ3n) is 2.33. The number of carbonyl (C=O) groups is 1. The molecule has 0 atom stereocenters. The summed E-state index contributed by atoms with van der Waals surface area (Å²) in [4.78, 5) is 11.6. The first-order chi connectivity index (χ1) is 8.16. The zero-order valence-electron chi connectivity index (χ0n) is 8.91. The molecular formula is C11H11ClFN3O. The Labute approximate surface area is 103 Å². The number of carbonyl (C=O) groups excluding carboxylic acids is 1. The van der Waals surface area contributed by atoms with Crippen LogP contribution < -0.4 is 10.9 Å². The Morgan fingerprint density at radius 1 is 1.53 bits per heavy atom. The number of nitrogens with zero attached hydrogens (tertiary/aromatic N) is 1. The van der Waals surface area contributed by atoms with Crippen LogP contribution in [0.3, 0.4) is 0 Å². The van der Waals surface area contributed by atoms with Crippen LogP contribution in [0.5, 0.6) is 0 Å². The zero-order valence-corrected chi connectivity index (χ0v) is 9.67. The second kappa shape index (κ2) is 5.16. The molecule has 17 heavy (non-hydrogen) atoms. The number of hydrazine groups is 1. The summed E-state index contributed by atoms with van der Waals surface area (Å²) in [5.41, 5.74) is 6.34. The third-order valence-corrected chi connectivity index (χ3v) is 2.57. The Balaban J connectivity index is 2.01. The van der Waals surface area contributed by atoms with Crippen LogP contribution in [0.1, 0.15) is 5.56 Å². The first kappa shape index (κ1) is 11.9. The zero-order chi connectivity index (χ0) is 12.3. The van der Waals surface area contributed by atoms with Crippen LogP contribution in [0, 0.1) is 0 Å². The number of halogens is 2. The topological polar surface area (TPSA) is 44.4 Å². The van der Waals surface area contributed by atoms with Crippen LogP contribution in [0.15, 0.2) is 36.0 Å². The normalized spacial score (nSPS) is 14.1. The van der Waals surface area contributed by atoms with E-state index >= 15 is 0 Å². The van der Waals surface area contributed by atoms with E-state index in [0.29, 0.717) is 22.7 Å². The maximum atomic E-state index is 13.6. The minimum atomic E-state index is -0.650. The van der Waals surface area contributed by atoms with Crippen LogP contribution in [0.4, 0.5) is 4.48 Å². The molecule has 1 aliphatic rings. The smallest absolute Gasteiger partial charge is 0.280 e. The summed E-state index contributed by atoms with van der Waals surface area (Å²) in [5.74, 6) is -0.650. The molecule has 0 aliphatic carbocycles. The van der Waals surface area contributed by atoms with Crippen molar-refractivity contribution in [3.05, 3.63) is 46.6 Å². The van der Waals surface area contributed by atoms with Gasteiger partial charge in [0.2, 0.25) is 0 Å². The van der Waals surface area contributed by atoms with E-state index in [4.69, 9.17) is 11.6 Å². The fraction of sp³-hybridized carbons (Fsp3) is 0.182. The van der Waals surface area contributed by atoms with Gasteiger partial charge in [-0.15, -0.1) is 0 Å². The molecule has 1 aliphatic heterocycles. The Kier molecular flexibility index (Phi) is 3.61. The molecule has 0 unspecified atom stereocenters. The fourth-order valence-corrected chi connectivity index (χ4v) is 1.71. The number of amides is 1. The van der Waals surface area contributed by atoms with Gasteiger partial charge < -0.3 is 5.43 Å². The summed E-state index contributed by atoms with van der Waals surface area (Å²) >= 11 is 5.78. The van der Waals surface area contributed by atoms with E-state index in [2.05, 4.69) is 10.9 Å². The summed E-state index contributed by atoms with van der Waals surface area (Å²) in [6.07, 6.45) is 1.45. The van der Waals surface area contributed by atoms with Gasteiger partial charge in [-0.2, -0.15) is 5.12 Å². The van der Waals surface area contributed by atoms with E-state index in [0.717, 1.165) is 0 Å². The molecule has 0 saturated carbocycles. The predicted octanol–water partition coefficient (Wildman–Crippen LogP) is 1.54. The van der Waals surface area contributed by atoms with Crippen LogP contribution >= 0.6 is 11.6 Å². The molecule has 6 heteroatoms. The average molecular weight is 256 g/mol. The number of hydrogen-bond acceptors (Lipinski definition) is 3. The van der Waals surface area contributed by atoms with Crippen molar-refractivity contribution >= 4 is 17.5 Å². The lowest BCUT2D eigenvalue weighted by atomic mass is 10.2. The highest BCUT2D eigenvalue weighted by Crippen LogP contribution is 2.14. The van der Waals surface area contributed by atoms with Gasteiger partial charge in [0.15, 0.2) is 0 Å². The minimum absolute atomic E-state index is 0.114. The van der Waals surface area contributed by atoms with E-state index in [1.54, 1.807) is 24.3 Å². The molecule has 4 nitrogen and oxygen atoms in total. The first-order valence-electron chi connectivity index (χ1n) is 5.06. The molecule has 0 bridgehead atoms. The molecule has 0 aromatic heterocycles. The molecular weight excluding hydrogens is 245 g/mol. The molecule has 1 aromatic carbocycles. The second-order valence-corrected chi connectivity index (χ2v) is 4.06. The SMILES string of the molecule is O=C(C1=CNNC1)N(F)Cc1cccc(Cl)c1. The monoisotopic (exact) mass is 255 g/mol. The highest BCUT2D eigenvalue weighted by atomic mass is 35.5. The van der Waals surface area contributed by atoms with E-state index in [1.807, 2.05) is 0 Å². The third kappa shape index (κ3) is 2.95. The molecule has 2 rings (SSSR count). The fourth-order valence-electron chi connectivity index (χ4n) is 1.50. The lowest BCUT2D eigenvalue weighted by Crippen LogP contribution is -2.27. The maximum absolute atomic E-state index is 13.6. The molecule has 90 valence electrons. The molecule has 0 fully saturated rings. The average Bonchev–Trinajstić information content (AvgIpc) is 2.81. The Morgan fingerprint density at radius 2 is 2.35 bits per heavy atom. The summed E-state index contributed by atoms with van der Waals surface area (Å²) in [5, 5.41) is 0.693. The van der Waals surface area contributed by atoms with Crippen LogP contribution in [-0.2, 0) is 11.3 Å². The summed E-state index contributed by atoms with van der Waals surface area (Å²) in [6.45, 7) is 0.200. The molecule has 0 saturated heterocycles. The quantitative estimate of drug-likeness (QED) is 0.806. The van der Waals surface area contributed by atoms with Gasteiger partial charge in [0.25, 0.3) is 5.91 Å². The lowest BCUT2D eigenvalue weighted by molar-refractivity contribution is -0.143. The van der Waals surface area contributed by atoms with Gasteiger partial charge in [0.1, 0.15) is 0 Å². The molecule has 0 radical (unpaired) electrons. The van der Waals surface area contributed by atoms with Crippen LogP contribution in [0.2, 0.25) is 5.02 Å². The van der Waals surface area contributed by atoms with Gasteiger partial charge in [0, 0.05) is 17.8 Å². The van der Waals surface area contributed by atoms with E-state index < -0.39 is 5.91 Å². The summed E-state index contributed by atoms with van der Waals surface area (Å²) in [7, 11) is 0. The van der Waals surface area contributed by atoms with E-state index in [1.165, 1.54) is 6.20 Å². The number of benzene rings is 1. The molecule has 1 heterocycles. The van der Waals surface area contributed by atoms with Crippen molar-refractivity contribution in [2.45, 2.75) is 6.54 Å². The van der Waals surface area contributed by atoms with Crippen molar-refractivity contribution in [2.24, 2.45) is 0 Å². The maximum Gasteiger partial charge on any atom is 0.280 e. The number of nitrogens with one attached hydrogen (secondary N) is 2. The van der Waals surface area contributed by atoms with Crippen molar-refractivity contribution in [3.63, 3.8) is 0 Å². The molecule has 1 aromatic rings. The minimum Gasteiger partial charge on any atom is -0.328 e. The summed E-state index contributed by atoms with van der Waals surface area (Å²) < 4.78 is 13.6. The van der Waals surface area contributed by atoms with Gasteiger partial charge >= 0.3 is 0 Å². The Bertz CT molecular complexity index is 464. The van der Waals surface area contributed by atoms with Gasteiger partial charge in [-0.1, -0.05) is 28.2 Å². The van der Waals surface area contributed by atoms with Gasteiger partial charge in [0.05, 0.1) is 12.1 Å². The van der Waals surface area contributed by atoms with Crippen molar-refractivity contribution in [1.29, 1.82) is 0 Å². The largest absolute Gasteiger partial charge is 0.328 e. The predicted molar refractivity (Wildman–Crippen MR) is 62.3 cm³/mol. The highest BCUT2D eigenvalue weighted by molar-refractivity contribution is 6.30. The van der Waals surface area contributed by atoms with Gasteiger partial charge in [-0.25, -0.2) is 5.43 Å². The van der Waals surface area contributed by atoms with E-state index in [9.17, 15) is 9.28 Å². The second-order valence-electron chi connectivity index (χ2n) is 3.62. The number of hydrogen-bond donors (Lipinski definition) is 2.